The molecule has 2 rings (SSSR count). The third-order valence-corrected chi connectivity index (χ3v) is 3.02. The van der Waals surface area contributed by atoms with E-state index >= 15 is 0 Å². The predicted octanol–water partition coefficient (Wildman–Crippen LogP) is 1.78. The zero-order valence-electron chi connectivity index (χ0n) is 11.5. The van der Waals surface area contributed by atoms with Crippen LogP contribution in [0.5, 0.6) is 0 Å². The van der Waals surface area contributed by atoms with E-state index in [1.54, 1.807) is 19.6 Å². The molecule has 0 saturated heterocycles. The van der Waals surface area contributed by atoms with E-state index < -0.39 is 0 Å². The Balaban J connectivity index is 2.06. The number of nitrogens with zero attached hydrogens (tertiary/aromatic N) is 2. The van der Waals surface area contributed by atoms with Gasteiger partial charge in [-0.25, -0.2) is 4.98 Å². The Bertz CT molecular complexity index is 511. The number of aromatic nitrogens is 2. The van der Waals surface area contributed by atoms with Gasteiger partial charge in [-0.2, -0.15) is 0 Å². The zero-order chi connectivity index (χ0) is 14.2. The molecule has 0 aliphatic rings. The molecule has 0 aliphatic heterocycles. The lowest BCUT2D eigenvalue weighted by molar-refractivity contribution is -0.122. The van der Waals surface area contributed by atoms with Crippen molar-refractivity contribution in [3.8, 4) is 0 Å². The summed E-state index contributed by atoms with van der Waals surface area (Å²) in [6.45, 7) is 1.08. The lowest BCUT2D eigenvalue weighted by atomic mass is 10.1. The van der Waals surface area contributed by atoms with Gasteiger partial charge in [0.2, 0.25) is 5.91 Å². The van der Waals surface area contributed by atoms with Gasteiger partial charge < -0.3 is 14.6 Å². The van der Waals surface area contributed by atoms with Crippen molar-refractivity contribution in [2.45, 2.75) is 19.0 Å². The third-order valence-electron chi connectivity index (χ3n) is 3.02. The van der Waals surface area contributed by atoms with E-state index in [0.29, 0.717) is 19.6 Å². The number of amides is 1. The average Bonchev–Trinajstić information content (AvgIpc) is 2.98. The number of carbonyl (C=O) groups is 1. The molecule has 0 spiro atoms. The molecule has 1 amide bonds. The Hall–Kier alpha value is -2.14. The van der Waals surface area contributed by atoms with Crippen LogP contribution < -0.4 is 5.32 Å². The van der Waals surface area contributed by atoms with Crippen LogP contribution in [0.4, 0.5) is 0 Å². The van der Waals surface area contributed by atoms with Crippen LogP contribution in [0.15, 0.2) is 49.1 Å². The summed E-state index contributed by atoms with van der Waals surface area (Å²) < 4.78 is 6.88. The number of imidazole rings is 1. The number of ether oxygens (including phenoxy) is 1. The van der Waals surface area contributed by atoms with Gasteiger partial charge >= 0.3 is 0 Å². The van der Waals surface area contributed by atoms with Crippen LogP contribution in [-0.4, -0.2) is 29.2 Å². The molecule has 1 heterocycles. The van der Waals surface area contributed by atoms with E-state index in [1.807, 2.05) is 41.1 Å². The lowest BCUT2D eigenvalue weighted by Gasteiger charge is -2.19. The first kappa shape index (κ1) is 14.3. The number of carbonyl (C=O) groups excluding carboxylic acids is 1. The molecule has 20 heavy (non-hydrogen) atoms. The zero-order valence-corrected chi connectivity index (χ0v) is 11.5. The lowest BCUT2D eigenvalue weighted by Crippen LogP contribution is -2.31. The minimum atomic E-state index is -0.0743. The standard InChI is InChI=1S/C15H19N3O2/c1-20-10-7-15(19)17-14(11-18-9-8-16-12-18)13-5-3-2-4-6-13/h2-6,8-9,12,14H,7,10-11H2,1H3,(H,17,19). The second-order valence-corrected chi connectivity index (χ2v) is 4.53. The Morgan fingerprint density at radius 1 is 1.40 bits per heavy atom. The fraction of sp³-hybridized carbons (Fsp3) is 0.333. The molecule has 1 unspecified atom stereocenters. The van der Waals surface area contributed by atoms with Gasteiger partial charge in [0, 0.05) is 32.5 Å². The number of methoxy groups -OCH3 is 1. The molecular formula is C15H19N3O2. The van der Waals surface area contributed by atoms with Crippen LogP contribution in [-0.2, 0) is 16.1 Å². The van der Waals surface area contributed by atoms with E-state index in [2.05, 4.69) is 10.3 Å². The maximum absolute atomic E-state index is 11.9. The summed E-state index contributed by atoms with van der Waals surface area (Å²) in [5.74, 6) is -0.0131. The van der Waals surface area contributed by atoms with Gasteiger partial charge in [0.15, 0.2) is 0 Å². The fourth-order valence-electron chi connectivity index (χ4n) is 1.99. The summed E-state index contributed by atoms with van der Waals surface area (Å²) in [6, 6.07) is 9.85. The number of hydrogen-bond donors (Lipinski definition) is 1. The van der Waals surface area contributed by atoms with Crippen molar-refractivity contribution in [2.75, 3.05) is 13.7 Å². The van der Waals surface area contributed by atoms with Crippen molar-refractivity contribution in [2.24, 2.45) is 0 Å². The summed E-state index contributed by atoms with van der Waals surface area (Å²) in [4.78, 5) is 15.9. The summed E-state index contributed by atoms with van der Waals surface area (Å²) in [6.07, 6.45) is 5.73. The maximum Gasteiger partial charge on any atom is 0.222 e. The highest BCUT2D eigenvalue weighted by Crippen LogP contribution is 2.15. The third kappa shape index (κ3) is 4.20. The number of nitrogens with one attached hydrogen (secondary N) is 1. The SMILES string of the molecule is COCCC(=O)NC(Cn1ccnc1)c1ccccc1. The molecule has 5 nitrogen and oxygen atoms in total. The first-order chi connectivity index (χ1) is 9.79. The second-order valence-electron chi connectivity index (χ2n) is 4.53. The molecule has 0 aliphatic carbocycles. The van der Waals surface area contributed by atoms with Crippen molar-refractivity contribution in [3.05, 3.63) is 54.6 Å². The summed E-state index contributed by atoms with van der Waals surface area (Å²) >= 11 is 0. The highest BCUT2D eigenvalue weighted by atomic mass is 16.5. The number of rotatable bonds is 7. The van der Waals surface area contributed by atoms with E-state index in [0.717, 1.165) is 5.56 Å². The first-order valence-electron chi connectivity index (χ1n) is 6.58. The van der Waals surface area contributed by atoms with E-state index in [1.165, 1.54) is 0 Å². The van der Waals surface area contributed by atoms with Crippen LogP contribution in [0.2, 0.25) is 0 Å². The van der Waals surface area contributed by atoms with Crippen LogP contribution in [0.25, 0.3) is 0 Å². The minimum Gasteiger partial charge on any atom is -0.384 e. The Kier molecular flexibility index (Phi) is 5.32. The molecule has 1 N–H and O–H groups in total. The smallest absolute Gasteiger partial charge is 0.222 e. The van der Waals surface area contributed by atoms with Crippen molar-refractivity contribution in [1.82, 2.24) is 14.9 Å². The molecule has 0 saturated carbocycles. The van der Waals surface area contributed by atoms with Gasteiger partial charge in [0.1, 0.15) is 0 Å². The topological polar surface area (TPSA) is 56.1 Å². The fourth-order valence-corrected chi connectivity index (χ4v) is 1.99. The van der Waals surface area contributed by atoms with Crippen LogP contribution in [0.1, 0.15) is 18.0 Å². The van der Waals surface area contributed by atoms with Crippen LogP contribution >= 0.6 is 0 Å². The second kappa shape index (κ2) is 7.45. The number of benzene rings is 1. The van der Waals surface area contributed by atoms with Crippen molar-refractivity contribution < 1.29 is 9.53 Å². The van der Waals surface area contributed by atoms with Gasteiger partial charge in [-0.3, -0.25) is 4.79 Å². The van der Waals surface area contributed by atoms with E-state index in [4.69, 9.17) is 4.74 Å². The summed E-state index contributed by atoms with van der Waals surface area (Å²) in [5, 5.41) is 3.04. The minimum absolute atomic E-state index is 0.0131. The Labute approximate surface area is 118 Å². The predicted molar refractivity (Wildman–Crippen MR) is 76.0 cm³/mol. The molecule has 0 radical (unpaired) electrons. The van der Waals surface area contributed by atoms with Crippen LogP contribution in [0, 0.1) is 0 Å². The van der Waals surface area contributed by atoms with Gasteiger partial charge in [0.25, 0.3) is 0 Å². The van der Waals surface area contributed by atoms with Crippen molar-refractivity contribution >= 4 is 5.91 Å². The molecule has 106 valence electrons. The Morgan fingerprint density at radius 3 is 2.85 bits per heavy atom. The first-order valence-corrected chi connectivity index (χ1v) is 6.58. The quantitative estimate of drug-likeness (QED) is 0.836. The highest BCUT2D eigenvalue weighted by molar-refractivity contribution is 5.76. The largest absolute Gasteiger partial charge is 0.384 e. The maximum atomic E-state index is 11.9. The summed E-state index contributed by atoms with van der Waals surface area (Å²) in [5.41, 5.74) is 1.08. The molecule has 2 aromatic rings. The molecular weight excluding hydrogens is 254 g/mol. The monoisotopic (exact) mass is 273 g/mol. The normalized spacial score (nSPS) is 12.1. The van der Waals surface area contributed by atoms with Crippen molar-refractivity contribution in [3.63, 3.8) is 0 Å². The van der Waals surface area contributed by atoms with Gasteiger partial charge in [-0.05, 0) is 5.56 Å². The van der Waals surface area contributed by atoms with E-state index in [-0.39, 0.29) is 11.9 Å². The van der Waals surface area contributed by atoms with Gasteiger partial charge in [-0.1, -0.05) is 30.3 Å². The Morgan fingerprint density at radius 2 is 2.20 bits per heavy atom. The average molecular weight is 273 g/mol. The van der Waals surface area contributed by atoms with Gasteiger partial charge in [0.05, 0.1) is 19.0 Å². The van der Waals surface area contributed by atoms with Gasteiger partial charge in [-0.15, -0.1) is 0 Å². The highest BCUT2D eigenvalue weighted by Gasteiger charge is 2.14. The molecule has 0 fully saturated rings. The van der Waals surface area contributed by atoms with E-state index in [9.17, 15) is 4.79 Å². The molecule has 0 bridgehead atoms. The molecule has 1 aromatic carbocycles. The molecule has 1 atom stereocenters. The summed E-state index contributed by atoms with van der Waals surface area (Å²) in [7, 11) is 1.59. The van der Waals surface area contributed by atoms with Crippen LogP contribution in [0.3, 0.4) is 0 Å². The molecule has 1 aromatic heterocycles. The number of hydrogen-bond acceptors (Lipinski definition) is 3. The van der Waals surface area contributed by atoms with Crippen molar-refractivity contribution in [1.29, 1.82) is 0 Å². The molecule has 5 heteroatoms.